The summed E-state index contributed by atoms with van der Waals surface area (Å²) in [6, 6.07) is 4.91. The van der Waals surface area contributed by atoms with E-state index in [2.05, 4.69) is 10.6 Å². The minimum Gasteiger partial charge on any atom is -0.382 e. The van der Waals surface area contributed by atoms with Crippen molar-refractivity contribution in [1.82, 2.24) is 10.2 Å². The molecule has 8 heteroatoms. The van der Waals surface area contributed by atoms with Crippen LogP contribution in [0.15, 0.2) is 18.2 Å². The highest BCUT2D eigenvalue weighted by atomic mass is 16.2. The summed E-state index contributed by atoms with van der Waals surface area (Å²) in [5.74, 6) is -0.583. The highest BCUT2D eigenvalue weighted by molar-refractivity contribution is 6.23. The first-order valence-electron chi connectivity index (χ1n) is 10.3. The van der Waals surface area contributed by atoms with Crippen LogP contribution in [0.2, 0.25) is 0 Å². The van der Waals surface area contributed by atoms with Gasteiger partial charge in [-0.15, -0.1) is 0 Å². The quantitative estimate of drug-likeness (QED) is 0.656. The van der Waals surface area contributed by atoms with Crippen molar-refractivity contribution in [3.8, 4) is 0 Å². The molecular formula is C21H24N4O4. The van der Waals surface area contributed by atoms with E-state index in [0.717, 1.165) is 36.3 Å². The number of hydrogen-bond acceptors (Lipinski definition) is 6. The van der Waals surface area contributed by atoms with Gasteiger partial charge in [-0.05, 0) is 62.1 Å². The molecule has 0 spiro atoms. The van der Waals surface area contributed by atoms with Gasteiger partial charge < -0.3 is 11.1 Å². The summed E-state index contributed by atoms with van der Waals surface area (Å²) >= 11 is 0. The fourth-order valence-electron chi connectivity index (χ4n) is 5.58. The van der Waals surface area contributed by atoms with Crippen LogP contribution in [0.3, 0.4) is 0 Å². The average Bonchev–Trinajstić information content (AvgIpc) is 3.26. The molecule has 5 rings (SSSR count). The summed E-state index contributed by atoms with van der Waals surface area (Å²) in [6.07, 6.45) is 4.59. The summed E-state index contributed by atoms with van der Waals surface area (Å²) in [6.45, 7) is 0. The molecule has 152 valence electrons. The summed E-state index contributed by atoms with van der Waals surface area (Å²) in [5.41, 5.74) is 7.49. The number of fused-ring (bicyclic) bond motifs is 2. The van der Waals surface area contributed by atoms with E-state index in [4.69, 9.17) is 5.73 Å². The SMILES string of the molecule is NC1CC2CC(Nc3ccc4c(c3)C(=O)N(C3CCC(=O)NC3=O)C4=O)CC2C1. The maximum Gasteiger partial charge on any atom is 0.262 e. The van der Waals surface area contributed by atoms with Crippen LogP contribution in [0.25, 0.3) is 0 Å². The molecule has 2 aliphatic carbocycles. The Balaban J connectivity index is 1.32. The Labute approximate surface area is 168 Å². The first kappa shape index (κ1) is 18.3. The zero-order valence-electron chi connectivity index (χ0n) is 16.0. The molecule has 29 heavy (non-hydrogen) atoms. The summed E-state index contributed by atoms with van der Waals surface area (Å²) in [7, 11) is 0. The van der Waals surface area contributed by atoms with Crippen molar-refractivity contribution in [2.24, 2.45) is 17.6 Å². The Hall–Kier alpha value is -2.74. The second kappa shape index (κ2) is 6.66. The molecule has 0 radical (unpaired) electrons. The number of imide groups is 2. The predicted octanol–water partition coefficient (Wildman–Crippen LogP) is 1.02. The van der Waals surface area contributed by atoms with Crippen molar-refractivity contribution in [3.63, 3.8) is 0 Å². The molecule has 4 N–H and O–H groups in total. The molecule has 0 bridgehead atoms. The number of piperidine rings is 1. The van der Waals surface area contributed by atoms with Crippen molar-refractivity contribution in [3.05, 3.63) is 29.3 Å². The van der Waals surface area contributed by atoms with Crippen molar-refractivity contribution < 1.29 is 19.2 Å². The molecule has 2 saturated carbocycles. The van der Waals surface area contributed by atoms with Crippen LogP contribution in [0.1, 0.15) is 59.2 Å². The van der Waals surface area contributed by atoms with Gasteiger partial charge in [0, 0.05) is 24.2 Å². The number of hydrogen-bond donors (Lipinski definition) is 3. The Morgan fingerprint density at radius 2 is 1.66 bits per heavy atom. The molecule has 0 aromatic heterocycles. The first-order valence-corrected chi connectivity index (χ1v) is 10.3. The van der Waals surface area contributed by atoms with Gasteiger partial charge in [0.2, 0.25) is 11.8 Å². The number of anilines is 1. The number of benzene rings is 1. The van der Waals surface area contributed by atoms with E-state index in [0.29, 0.717) is 35.0 Å². The summed E-state index contributed by atoms with van der Waals surface area (Å²) in [4.78, 5) is 50.2. The summed E-state index contributed by atoms with van der Waals surface area (Å²) < 4.78 is 0. The molecule has 3 fully saturated rings. The molecule has 4 aliphatic rings. The van der Waals surface area contributed by atoms with E-state index >= 15 is 0 Å². The maximum absolute atomic E-state index is 12.9. The van der Waals surface area contributed by atoms with Gasteiger partial charge in [-0.25, -0.2) is 0 Å². The standard InChI is InChI=1S/C21H24N4O4/c22-12-5-10-7-14(8-11(10)6-12)23-13-1-2-15-16(9-13)21(29)25(20(15)28)17-3-4-18(26)24-19(17)27/h1-2,9-12,14,17,23H,3-8,22H2,(H,24,26,27). The lowest BCUT2D eigenvalue weighted by molar-refractivity contribution is -0.136. The van der Waals surface area contributed by atoms with E-state index in [-0.39, 0.29) is 18.7 Å². The van der Waals surface area contributed by atoms with Crippen LogP contribution in [0, 0.1) is 11.8 Å². The van der Waals surface area contributed by atoms with Crippen molar-refractivity contribution in [2.45, 2.75) is 56.7 Å². The summed E-state index contributed by atoms with van der Waals surface area (Å²) in [5, 5.41) is 5.72. The van der Waals surface area contributed by atoms with Crippen molar-refractivity contribution in [2.75, 3.05) is 5.32 Å². The van der Waals surface area contributed by atoms with Gasteiger partial charge in [0.15, 0.2) is 0 Å². The number of nitrogens with two attached hydrogens (primary N) is 1. The molecule has 4 amide bonds. The smallest absolute Gasteiger partial charge is 0.262 e. The third-order valence-electron chi connectivity index (χ3n) is 6.86. The van der Waals surface area contributed by atoms with Crippen LogP contribution in [0.5, 0.6) is 0 Å². The predicted molar refractivity (Wildman–Crippen MR) is 104 cm³/mol. The number of nitrogens with one attached hydrogen (secondary N) is 2. The second-order valence-electron chi connectivity index (χ2n) is 8.77. The van der Waals surface area contributed by atoms with Crippen LogP contribution in [0.4, 0.5) is 5.69 Å². The van der Waals surface area contributed by atoms with E-state index < -0.39 is 23.8 Å². The average molecular weight is 396 g/mol. The molecule has 3 atom stereocenters. The number of carbonyl (C=O) groups is 4. The third-order valence-corrected chi connectivity index (χ3v) is 6.86. The van der Waals surface area contributed by atoms with Crippen LogP contribution in [-0.4, -0.2) is 46.7 Å². The number of amides is 4. The van der Waals surface area contributed by atoms with Gasteiger partial charge >= 0.3 is 0 Å². The monoisotopic (exact) mass is 396 g/mol. The van der Waals surface area contributed by atoms with Crippen LogP contribution < -0.4 is 16.4 Å². The third kappa shape index (κ3) is 3.02. The van der Waals surface area contributed by atoms with E-state index in [1.54, 1.807) is 12.1 Å². The Morgan fingerprint density at radius 3 is 2.34 bits per heavy atom. The molecule has 3 unspecified atom stereocenters. The van der Waals surface area contributed by atoms with Gasteiger partial charge in [0.1, 0.15) is 6.04 Å². The molecule has 2 heterocycles. The molecular weight excluding hydrogens is 372 g/mol. The van der Waals surface area contributed by atoms with Crippen LogP contribution in [-0.2, 0) is 9.59 Å². The van der Waals surface area contributed by atoms with Crippen LogP contribution >= 0.6 is 0 Å². The lowest BCUT2D eigenvalue weighted by atomic mass is 10.0. The Morgan fingerprint density at radius 1 is 0.966 bits per heavy atom. The van der Waals surface area contributed by atoms with E-state index in [1.165, 1.54) is 0 Å². The van der Waals surface area contributed by atoms with Gasteiger partial charge in [0.25, 0.3) is 11.8 Å². The molecule has 1 aromatic rings. The molecule has 1 aromatic carbocycles. The molecule has 8 nitrogen and oxygen atoms in total. The molecule has 1 saturated heterocycles. The van der Waals surface area contributed by atoms with E-state index in [9.17, 15) is 19.2 Å². The normalized spacial score (nSPS) is 33.7. The first-order chi connectivity index (χ1) is 13.9. The van der Waals surface area contributed by atoms with Gasteiger partial charge in [-0.1, -0.05) is 0 Å². The Kier molecular flexibility index (Phi) is 4.20. The lowest BCUT2D eigenvalue weighted by Gasteiger charge is -2.27. The highest BCUT2D eigenvalue weighted by Crippen LogP contribution is 2.44. The second-order valence-corrected chi connectivity index (χ2v) is 8.77. The zero-order valence-corrected chi connectivity index (χ0v) is 16.0. The van der Waals surface area contributed by atoms with Gasteiger partial charge in [-0.2, -0.15) is 0 Å². The fourth-order valence-corrected chi connectivity index (χ4v) is 5.58. The fraction of sp³-hybridized carbons (Fsp3) is 0.524. The number of nitrogens with zero attached hydrogens (tertiary/aromatic N) is 1. The van der Waals surface area contributed by atoms with E-state index in [1.807, 2.05) is 6.07 Å². The number of rotatable bonds is 3. The Bertz CT molecular complexity index is 915. The maximum atomic E-state index is 12.9. The minimum atomic E-state index is -0.935. The van der Waals surface area contributed by atoms with Crippen molar-refractivity contribution in [1.29, 1.82) is 0 Å². The van der Waals surface area contributed by atoms with Gasteiger partial charge in [-0.3, -0.25) is 29.4 Å². The minimum absolute atomic E-state index is 0.115. The lowest BCUT2D eigenvalue weighted by Crippen LogP contribution is -2.54. The molecule has 2 aliphatic heterocycles. The highest BCUT2D eigenvalue weighted by Gasteiger charge is 2.45. The van der Waals surface area contributed by atoms with Gasteiger partial charge in [0.05, 0.1) is 11.1 Å². The number of carbonyl (C=O) groups excluding carboxylic acids is 4. The topological polar surface area (TPSA) is 122 Å². The largest absolute Gasteiger partial charge is 0.382 e. The van der Waals surface area contributed by atoms with Crippen molar-refractivity contribution >= 4 is 29.3 Å². The zero-order chi connectivity index (χ0) is 20.3.